The Balaban J connectivity index is 1.83. The van der Waals surface area contributed by atoms with Crippen LogP contribution < -0.4 is 5.32 Å². The van der Waals surface area contributed by atoms with E-state index in [9.17, 15) is 4.79 Å². The molecule has 1 N–H and O–H groups in total. The number of benzene rings is 1. The van der Waals surface area contributed by atoms with Crippen molar-refractivity contribution >= 4 is 21.8 Å². The van der Waals surface area contributed by atoms with E-state index in [1.54, 1.807) is 4.90 Å². The molecular weight excluding hydrogens is 308 g/mol. The van der Waals surface area contributed by atoms with Gasteiger partial charge in [0.2, 0.25) is 5.91 Å². The fourth-order valence-corrected chi connectivity index (χ4v) is 2.35. The zero-order valence-corrected chi connectivity index (χ0v) is 12.6. The summed E-state index contributed by atoms with van der Waals surface area (Å²) in [7, 11) is 1.84. The molecular formula is C14H19BrN2O2. The molecule has 1 heterocycles. The van der Waals surface area contributed by atoms with Gasteiger partial charge in [-0.25, -0.2) is 0 Å². The number of amides is 1. The molecule has 0 radical (unpaired) electrons. The summed E-state index contributed by atoms with van der Waals surface area (Å²) in [6, 6.07) is 8.10. The van der Waals surface area contributed by atoms with Crippen LogP contribution in [0.4, 0.5) is 0 Å². The highest BCUT2D eigenvalue weighted by Crippen LogP contribution is 2.11. The first-order chi connectivity index (χ1) is 9.15. The molecule has 19 heavy (non-hydrogen) atoms. The first kappa shape index (κ1) is 14.5. The summed E-state index contributed by atoms with van der Waals surface area (Å²) < 4.78 is 6.42. The second-order valence-electron chi connectivity index (χ2n) is 4.80. The van der Waals surface area contributed by atoms with Crippen LogP contribution in [0.15, 0.2) is 28.7 Å². The lowest BCUT2D eigenvalue weighted by molar-refractivity contribution is -0.129. The first-order valence-electron chi connectivity index (χ1n) is 6.44. The van der Waals surface area contributed by atoms with E-state index < -0.39 is 0 Å². The van der Waals surface area contributed by atoms with Gasteiger partial charge in [0.25, 0.3) is 0 Å². The average molecular weight is 327 g/mol. The van der Waals surface area contributed by atoms with Crippen LogP contribution in [0.5, 0.6) is 0 Å². The molecule has 104 valence electrons. The lowest BCUT2D eigenvalue weighted by Crippen LogP contribution is -2.49. The predicted molar refractivity (Wildman–Crippen MR) is 78.1 cm³/mol. The van der Waals surface area contributed by atoms with Crippen LogP contribution in [0, 0.1) is 0 Å². The number of nitrogens with zero attached hydrogens (tertiary/aromatic N) is 1. The molecule has 1 amide bonds. The number of morpholine rings is 1. The SMILES string of the molecule is CN(CC1COCCN1)C(=O)Cc1ccc(Br)cc1. The number of rotatable bonds is 4. The second-order valence-corrected chi connectivity index (χ2v) is 5.72. The normalized spacial score (nSPS) is 19.2. The summed E-state index contributed by atoms with van der Waals surface area (Å²) in [5.74, 6) is 0.134. The smallest absolute Gasteiger partial charge is 0.226 e. The molecule has 1 atom stereocenters. The Bertz CT molecular complexity index is 416. The summed E-state index contributed by atoms with van der Waals surface area (Å²) in [6.07, 6.45) is 0.442. The summed E-state index contributed by atoms with van der Waals surface area (Å²) in [5, 5.41) is 3.35. The topological polar surface area (TPSA) is 41.6 Å². The standard InChI is InChI=1S/C14H19BrN2O2/c1-17(9-13-10-19-7-6-16-13)14(18)8-11-2-4-12(15)5-3-11/h2-5,13,16H,6-10H2,1H3. The Kier molecular flexibility index (Phi) is 5.36. The van der Waals surface area contributed by atoms with Crippen molar-refractivity contribution < 1.29 is 9.53 Å². The highest BCUT2D eigenvalue weighted by molar-refractivity contribution is 9.10. The first-order valence-corrected chi connectivity index (χ1v) is 7.24. The number of hydrogen-bond acceptors (Lipinski definition) is 3. The lowest BCUT2D eigenvalue weighted by atomic mass is 10.1. The van der Waals surface area contributed by atoms with Crippen molar-refractivity contribution in [3.05, 3.63) is 34.3 Å². The molecule has 0 saturated carbocycles. The zero-order valence-electron chi connectivity index (χ0n) is 11.1. The number of nitrogens with one attached hydrogen (secondary N) is 1. The van der Waals surface area contributed by atoms with E-state index in [1.165, 1.54) is 0 Å². The van der Waals surface area contributed by atoms with Gasteiger partial charge in [0.15, 0.2) is 0 Å². The summed E-state index contributed by atoms with van der Waals surface area (Å²) in [4.78, 5) is 13.9. The number of halogens is 1. The maximum atomic E-state index is 12.1. The molecule has 1 fully saturated rings. The highest BCUT2D eigenvalue weighted by Gasteiger charge is 2.18. The maximum Gasteiger partial charge on any atom is 0.226 e. The van der Waals surface area contributed by atoms with Gasteiger partial charge in [-0.3, -0.25) is 4.79 Å². The Labute approximate surface area is 122 Å². The molecule has 1 aliphatic rings. The summed E-state index contributed by atoms with van der Waals surface area (Å²) >= 11 is 3.39. The quantitative estimate of drug-likeness (QED) is 0.910. The van der Waals surface area contributed by atoms with Crippen LogP contribution >= 0.6 is 15.9 Å². The largest absolute Gasteiger partial charge is 0.378 e. The highest BCUT2D eigenvalue weighted by atomic mass is 79.9. The van der Waals surface area contributed by atoms with Crippen LogP contribution in [-0.2, 0) is 16.0 Å². The molecule has 1 unspecified atom stereocenters. The molecule has 0 bridgehead atoms. The molecule has 4 nitrogen and oxygen atoms in total. The molecule has 2 rings (SSSR count). The van der Waals surface area contributed by atoms with Gasteiger partial charge in [-0.2, -0.15) is 0 Å². The number of hydrogen-bond donors (Lipinski definition) is 1. The molecule has 1 saturated heterocycles. The van der Waals surface area contributed by atoms with Crippen LogP contribution in [0.1, 0.15) is 5.56 Å². The van der Waals surface area contributed by atoms with E-state index in [-0.39, 0.29) is 11.9 Å². The Morgan fingerprint density at radius 3 is 2.84 bits per heavy atom. The van der Waals surface area contributed by atoms with Crippen molar-refractivity contribution in [2.24, 2.45) is 0 Å². The van der Waals surface area contributed by atoms with Gasteiger partial charge in [0.1, 0.15) is 0 Å². The zero-order chi connectivity index (χ0) is 13.7. The van der Waals surface area contributed by atoms with Gasteiger partial charge < -0.3 is 15.0 Å². The Hall–Kier alpha value is -0.910. The third-order valence-corrected chi connectivity index (χ3v) is 3.72. The van der Waals surface area contributed by atoms with E-state index in [0.29, 0.717) is 19.6 Å². The Morgan fingerprint density at radius 2 is 2.21 bits per heavy atom. The summed E-state index contributed by atoms with van der Waals surface area (Å²) in [6.45, 7) is 2.98. The van der Waals surface area contributed by atoms with Crippen molar-refractivity contribution in [3.63, 3.8) is 0 Å². The molecule has 0 spiro atoms. The minimum atomic E-state index is 0.134. The molecule has 1 aliphatic heterocycles. The Morgan fingerprint density at radius 1 is 1.47 bits per heavy atom. The van der Waals surface area contributed by atoms with Gasteiger partial charge in [0.05, 0.1) is 19.6 Å². The van der Waals surface area contributed by atoms with Crippen LogP contribution in [0.25, 0.3) is 0 Å². The van der Waals surface area contributed by atoms with Crippen LogP contribution in [-0.4, -0.2) is 50.2 Å². The number of ether oxygens (including phenoxy) is 1. The van der Waals surface area contributed by atoms with Crippen molar-refractivity contribution in [1.82, 2.24) is 10.2 Å². The predicted octanol–water partition coefficient (Wildman–Crippen LogP) is 1.44. The monoisotopic (exact) mass is 326 g/mol. The molecule has 1 aromatic carbocycles. The minimum absolute atomic E-state index is 0.134. The molecule has 0 aromatic heterocycles. The van der Waals surface area contributed by atoms with E-state index in [0.717, 1.165) is 23.2 Å². The average Bonchev–Trinajstić information content (AvgIpc) is 2.42. The molecule has 5 heteroatoms. The number of likely N-dealkylation sites (N-methyl/N-ethyl adjacent to an activating group) is 1. The van der Waals surface area contributed by atoms with Crippen molar-refractivity contribution in [2.75, 3.05) is 33.4 Å². The van der Waals surface area contributed by atoms with E-state index in [1.807, 2.05) is 31.3 Å². The molecule has 0 aliphatic carbocycles. The third kappa shape index (κ3) is 4.60. The van der Waals surface area contributed by atoms with Gasteiger partial charge in [0, 0.05) is 30.7 Å². The molecule has 1 aromatic rings. The van der Waals surface area contributed by atoms with E-state index >= 15 is 0 Å². The van der Waals surface area contributed by atoms with E-state index in [2.05, 4.69) is 21.2 Å². The minimum Gasteiger partial charge on any atom is -0.378 e. The fourth-order valence-electron chi connectivity index (χ4n) is 2.08. The van der Waals surface area contributed by atoms with Gasteiger partial charge in [-0.15, -0.1) is 0 Å². The van der Waals surface area contributed by atoms with Crippen molar-refractivity contribution in [3.8, 4) is 0 Å². The second kappa shape index (κ2) is 7.03. The van der Waals surface area contributed by atoms with Crippen LogP contribution in [0.2, 0.25) is 0 Å². The van der Waals surface area contributed by atoms with Crippen LogP contribution in [0.3, 0.4) is 0 Å². The number of carbonyl (C=O) groups excluding carboxylic acids is 1. The summed E-state index contributed by atoms with van der Waals surface area (Å²) in [5.41, 5.74) is 1.04. The van der Waals surface area contributed by atoms with E-state index in [4.69, 9.17) is 4.74 Å². The van der Waals surface area contributed by atoms with Gasteiger partial charge >= 0.3 is 0 Å². The lowest BCUT2D eigenvalue weighted by Gasteiger charge is -2.28. The van der Waals surface area contributed by atoms with Crippen molar-refractivity contribution in [2.45, 2.75) is 12.5 Å². The fraction of sp³-hybridized carbons (Fsp3) is 0.500. The van der Waals surface area contributed by atoms with Gasteiger partial charge in [-0.1, -0.05) is 28.1 Å². The number of carbonyl (C=O) groups is 1. The third-order valence-electron chi connectivity index (χ3n) is 3.19. The maximum absolute atomic E-state index is 12.1. The van der Waals surface area contributed by atoms with Gasteiger partial charge in [-0.05, 0) is 17.7 Å². The van der Waals surface area contributed by atoms with Crippen molar-refractivity contribution in [1.29, 1.82) is 0 Å².